The monoisotopic (exact) mass is 412 g/mol. The maximum Gasteiger partial charge on any atom is 0.255 e. The number of carbonyl (C=O) groups is 1. The summed E-state index contributed by atoms with van der Waals surface area (Å²) in [5.41, 5.74) is 5.86. The van der Waals surface area contributed by atoms with Crippen molar-refractivity contribution >= 4 is 34.7 Å². The lowest BCUT2D eigenvalue weighted by Gasteiger charge is -2.16. The molecule has 0 radical (unpaired) electrons. The van der Waals surface area contributed by atoms with Crippen LogP contribution in [0.1, 0.15) is 40.0 Å². The van der Waals surface area contributed by atoms with Crippen LogP contribution in [-0.2, 0) is 7.05 Å². The van der Waals surface area contributed by atoms with Crippen molar-refractivity contribution < 1.29 is 4.79 Å². The van der Waals surface area contributed by atoms with Gasteiger partial charge in [-0.05, 0) is 54.8 Å². The molecule has 0 aliphatic carbocycles. The number of hydrogen-bond donors (Lipinski definition) is 2. The number of anilines is 2. The molecular formula is C24H24N6O. The molecule has 0 aliphatic heterocycles. The first-order chi connectivity index (χ1) is 14.9. The average Bonchev–Trinajstić information content (AvgIpc) is 3.14. The molecule has 2 heterocycles. The highest BCUT2D eigenvalue weighted by Crippen LogP contribution is 2.22. The van der Waals surface area contributed by atoms with Gasteiger partial charge in [0.05, 0.1) is 18.4 Å². The summed E-state index contributed by atoms with van der Waals surface area (Å²) in [6.45, 7) is 7.79. The molecule has 4 aromatic rings. The fourth-order valence-electron chi connectivity index (χ4n) is 3.42. The van der Waals surface area contributed by atoms with Crippen LogP contribution in [0.2, 0.25) is 0 Å². The van der Waals surface area contributed by atoms with Gasteiger partial charge < -0.3 is 10.6 Å². The van der Waals surface area contributed by atoms with Gasteiger partial charge in [0.25, 0.3) is 5.91 Å². The van der Waals surface area contributed by atoms with Gasteiger partial charge in [-0.15, -0.1) is 0 Å². The van der Waals surface area contributed by atoms with Crippen LogP contribution < -0.4 is 10.6 Å². The Hall–Kier alpha value is -4.00. The standard InChI is InChI=1S/C24H24N6O/c1-5-17-9-10-19(11-15(17)2)24(31)28-20-8-6-7-18(12-20)16(3)27-22-14-25-21-13-26-30(4)23(21)29-22/h5-14,16H,1H2,2-4H3,(H,27,29)(H,28,31)/t16-/m0/s1. The fourth-order valence-corrected chi connectivity index (χ4v) is 3.42. The number of rotatable bonds is 6. The molecule has 1 atom stereocenters. The lowest BCUT2D eigenvalue weighted by atomic mass is 10.0. The van der Waals surface area contributed by atoms with E-state index in [1.54, 1.807) is 29.2 Å². The number of amides is 1. The maximum atomic E-state index is 12.7. The number of aryl methyl sites for hydroxylation is 2. The zero-order valence-electron chi connectivity index (χ0n) is 17.8. The molecule has 7 heteroatoms. The van der Waals surface area contributed by atoms with E-state index in [0.717, 1.165) is 33.5 Å². The number of nitrogens with one attached hydrogen (secondary N) is 2. The van der Waals surface area contributed by atoms with Crippen molar-refractivity contribution in [2.75, 3.05) is 10.6 Å². The van der Waals surface area contributed by atoms with Gasteiger partial charge in [0.2, 0.25) is 0 Å². The molecule has 0 spiro atoms. The molecule has 4 rings (SSSR count). The van der Waals surface area contributed by atoms with Gasteiger partial charge in [-0.25, -0.2) is 14.6 Å². The van der Waals surface area contributed by atoms with E-state index in [9.17, 15) is 4.79 Å². The second-order valence-electron chi connectivity index (χ2n) is 7.45. The summed E-state index contributed by atoms with van der Waals surface area (Å²) in [6.07, 6.45) is 5.17. The molecule has 31 heavy (non-hydrogen) atoms. The molecule has 0 fully saturated rings. The number of hydrogen-bond acceptors (Lipinski definition) is 5. The third-order valence-corrected chi connectivity index (χ3v) is 5.20. The number of carbonyl (C=O) groups excluding carboxylic acids is 1. The van der Waals surface area contributed by atoms with E-state index in [4.69, 9.17) is 0 Å². The first kappa shape index (κ1) is 20.3. The SMILES string of the molecule is C=Cc1ccc(C(=O)Nc2cccc([C@H](C)Nc3cnc4cnn(C)c4n3)c2)cc1C. The minimum atomic E-state index is -0.149. The quantitative estimate of drug-likeness (QED) is 0.478. The van der Waals surface area contributed by atoms with Crippen molar-refractivity contribution in [1.29, 1.82) is 0 Å². The van der Waals surface area contributed by atoms with Gasteiger partial charge in [-0.3, -0.25) is 4.79 Å². The highest BCUT2D eigenvalue weighted by Gasteiger charge is 2.12. The Labute approximate surface area is 180 Å². The summed E-state index contributed by atoms with van der Waals surface area (Å²) in [6, 6.07) is 13.3. The zero-order valence-corrected chi connectivity index (χ0v) is 17.8. The van der Waals surface area contributed by atoms with Crippen LogP contribution in [0.25, 0.3) is 17.2 Å². The van der Waals surface area contributed by atoms with E-state index in [1.165, 1.54) is 0 Å². The molecule has 0 saturated heterocycles. The Morgan fingerprint density at radius 2 is 2.03 bits per heavy atom. The third kappa shape index (κ3) is 4.30. The molecule has 1 amide bonds. The number of fused-ring (bicyclic) bond motifs is 1. The number of aromatic nitrogens is 4. The van der Waals surface area contributed by atoms with E-state index >= 15 is 0 Å². The zero-order chi connectivity index (χ0) is 22.0. The fraction of sp³-hybridized carbons (Fsp3) is 0.167. The van der Waals surface area contributed by atoms with Crippen molar-refractivity contribution in [3.8, 4) is 0 Å². The Morgan fingerprint density at radius 3 is 2.81 bits per heavy atom. The first-order valence-electron chi connectivity index (χ1n) is 10.0. The summed E-state index contributed by atoms with van der Waals surface area (Å²) >= 11 is 0. The van der Waals surface area contributed by atoms with Crippen molar-refractivity contribution in [2.24, 2.45) is 7.05 Å². The molecule has 0 aliphatic rings. The van der Waals surface area contributed by atoms with Crippen LogP contribution in [0.15, 0.2) is 61.4 Å². The predicted octanol–water partition coefficient (Wildman–Crippen LogP) is 4.74. The topological polar surface area (TPSA) is 84.7 Å². The summed E-state index contributed by atoms with van der Waals surface area (Å²) in [4.78, 5) is 21.7. The van der Waals surface area contributed by atoms with Crippen LogP contribution in [0, 0.1) is 6.92 Å². The van der Waals surface area contributed by atoms with Gasteiger partial charge in [0.1, 0.15) is 11.3 Å². The van der Waals surface area contributed by atoms with Gasteiger partial charge in [-0.2, -0.15) is 5.10 Å². The minimum Gasteiger partial charge on any atom is -0.362 e. The van der Waals surface area contributed by atoms with Crippen molar-refractivity contribution in [1.82, 2.24) is 19.7 Å². The Morgan fingerprint density at radius 1 is 1.19 bits per heavy atom. The minimum absolute atomic E-state index is 0.0362. The smallest absolute Gasteiger partial charge is 0.255 e. The Balaban J connectivity index is 1.49. The van der Waals surface area contributed by atoms with Crippen molar-refractivity contribution in [3.05, 3.63) is 83.7 Å². The molecule has 2 aromatic heterocycles. The molecule has 0 unspecified atom stereocenters. The average molecular weight is 412 g/mol. The summed E-state index contributed by atoms with van der Waals surface area (Å²) < 4.78 is 1.69. The highest BCUT2D eigenvalue weighted by atomic mass is 16.1. The molecule has 2 N–H and O–H groups in total. The van der Waals surface area contributed by atoms with E-state index in [1.807, 2.05) is 57.3 Å². The van der Waals surface area contributed by atoms with E-state index in [0.29, 0.717) is 11.4 Å². The van der Waals surface area contributed by atoms with Crippen LogP contribution in [-0.4, -0.2) is 25.7 Å². The predicted molar refractivity (Wildman–Crippen MR) is 124 cm³/mol. The Bertz CT molecular complexity index is 1280. The summed E-state index contributed by atoms with van der Waals surface area (Å²) in [7, 11) is 1.84. The van der Waals surface area contributed by atoms with Crippen LogP contribution in [0.5, 0.6) is 0 Å². The molecule has 2 aromatic carbocycles. The van der Waals surface area contributed by atoms with E-state index in [2.05, 4.69) is 32.3 Å². The molecule has 0 saturated carbocycles. The van der Waals surface area contributed by atoms with Gasteiger partial charge in [-0.1, -0.05) is 30.9 Å². The highest BCUT2D eigenvalue weighted by molar-refractivity contribution is 6.04. The van der Waals surface area contributed by atoms with Crippen LogP contribution in [0.4, 0.5) is 11.5 Å². The van der Waals surface area contributed by atoms with Crippen molar-refractivity contribution in [2.45, 2.75) is 19.9 Å². The second kappa shape index (κ2) is 8.39. The summed E-state index contributed by atoms with van der Waals surface area (Å²) in [5, 5.41) is 10.5. The number of benzene rings is 2. The van der Waals surface area contributed by atoms with E-state index in [-0.39, 0.29) is 11.9 Å². The lowest BCUT2D eigenvalue weighted by Crippen LogP contribution is -2.13. The largest absolute Gasteiger partial charge is 0.362 e. The first-order valence-corrected chi connectivity index (χ1v) is 10.0. The van der Waals surface area contributed by atoms with Gasteiger partial charge >= 0.3 is 0 Å². The molecule has 7 nitrogen and oxygen atoms in total. The molecule has 0 bridgehead atoms. The van der Waals surface area contributed by atoms with Gasteiger partial charge in [0, 0.05) is 18.3 Å². The number of nitrogens with zero attached hydrogens (tertiary/aromatic N) is 4. The van der Waals surface area contributed by atoms with Gasteiger partial charge in [0.15, 0.2) is 5.65 Å². The summed E-state index contributed by atoms with van der Waals surface area (Å²) in [5.74, 6) is 0.514. The Kier molecular flexibility index (Phi) is 5.49. The van der Waals surface area contributed by atoms with E-state index < -0.39 is 0 Å². The van der Waals surface area contributed by atoms with Crippen LogP contribution in [0.3, 0.4) is 0 Å². The normalized spacial score (nSPS) is 11.8. The molecular weight excluding hydrogens is 388 g/mol. The second-order valence-corrected chi connectivity index (χ2v) is 7.45. The maximum absolute atomic E-state index is 12.7. The van der Waals surface area contributed by atoms with Crippen molar-refractivity contribution in [3.63, 3.8) is 0 Å². The molecule has 156 valence electrons. The lowest BCUT2D eigenvalue weighted by molar-refractivity contribution is 0.102. The third-order valence-electron chi connectivity index (χ3n) is 5.20. The van der Waals surface area contributed by atoms with Crippen LogP contribution >= 0.6 is 0 Å².